The van der Waals surface area contributed by atoms with Crippen molar-refractivity contribution in [3.8, 4) is 0 Å². The van der Waals surface area contributed by atoms with E-state index in [4.69, 9.17) is 4.74 Å². The molecule has 0 aliphatic rings. The third kappa shape index (κ3) is 4.52. The fourth-order valence-corrected chi connectivity index (χ4v) is 1.18. The number of hydrogen-bond acceptors (Lipinski definition) is 2. The summed E-state index contributed by atoms with van der Waals surface area (Å²) in [6.45, 7) is 9.08. The maximum absolute atomic E-state index is 5.49. The highest BCUT2D eigenvalue weighted by Gasteiger charge is 2.11. The van der Waals surface area contributed by atoms with Crippen LogP contribution < -0.4 is 5.32 Å². The van der Waals surface area contributed by atoms with Gasteiger partial charge in [-0.2, -0.15) is 0 Å². The van der Waals surface area contributed by atoms with Gasteiger partial charge >= 0.3 is 0 Å². The molecule has 1 N–H and O–H groups in total. The molecule has 2 heteroatoms. The van der Waals surface area contributed by atoms with E-state index in [1.54, 1.807) is 0 Å². The quantitative estimate of drug-likeness (QED) is 0.638. The molecule has 0 aromatic rings. The van der Waals surface area contributed by atoms with Crippen molar-refractivity contribution >= 4 is 0 Å². The van der Waals surface area contributed by atoms with E-state index in [-0.39, 0.29) is 6.10 Å². The molecule has 0 radical (unpaired) electrons. The molecule has 0 fully saturated rings. The molecule has 2 nitrogen and oxygen atoms in total. The van der Waals surface area contributed by atoms with Crippen molar-refractivity contribution in [1.29, 1.82) is 0 Å². The summed E-state index contributed by atoms with van der Waals surface area (Å²) < 4.78 is 5.49. The van der Waals surface area contributed by atoms with Gasteiger partial charge in [0.25, 0.3) is 0 Å². The normalized spacial score (nSPS) is 15.4. The highest BCUT2D eigenvalue weighted by atomic mass is 16.5. The third-order valence-corrected chi connectivity index (χ3v) is 1.78. The Hall–Kier alpha value is -0.340. The first-order valence-electron chi connectivity index (χ1n) is 4.55. The Labute approximate surface area is 76.0 Å². The van der Waals surface area contributed by atoms with Crippen molar-refractivity contribution in [1.82, 2.24) is 5.32 Å². The van der Waals surface area contributed by atoms with Gasteiger partial charge in [0.15, 0.2) is 0 Å². The van der Waals surface area contributed by atoms with Crippen molar-refractivity contribution in [2.45, 2.75) is 39.8 Å². The van der Waals surface area contributed by atoms with Crippen LogP contribution in [0.3, 0.4) is 0 Å². The average molecular weight is 171 g/mol. The summed E-state index contributed by atoms with van der Waals surface area (Å²) in [5, 5.41) is 3.22. The molecule has 0 aliphatic carbocycles. The second kappa shape index (κ2) is 6.21. The molecule has 72 valence electrons. The fourth-order valence-electron chi connectivity index (χ4n) is 1.18. The van der Waals surface area contributed by atoms with Crippen LogP contribution in [-0.4, -0.2) is 25.8 Å². The molecule has 0 rings (SSSR count). The fraction of sp³-hybridized carbons (Fsp3) is 0.800. The standard InChI is InChI=1S/C10H21NO/c1-6-12-9(4)10(11-5)7-8(2)3/h7,9-11H,6H2,1-5H3. The molecule has 2 atom stereocenters. The molecule has 0 aromatic heterocycles. The Morgan fingerprint density at radius 1 is 1.50 bits per heavy atom. The van der Waals surface area contributed by atoms with Crippen LogP contribution in [0.4, 0.5) is 0 Å². The highest BCUT2D eigenvalue weighted by molar-refractivity contribution is 5.02. The van der Waals surface area contributed by atoms with Gasteiger partial charge in [-0.15, -0.1) is 0 Å². The van der Waals surface area contributed by atoms with Crippen molar-refractivity contribution in [3.05, 3.63) is 11.6 Å². The van der Waals surface area contributed by atoms with Crippen molar-refractivity contribution in [2.75, 3.05) is 13.7 Å². The topological polar surface area (TPSA) is 21.3 Å². The lowest BCUT2D eigenvalue weighted by atomic mass is 10.1. The Balaban J connectivity index is 4.05. The summed E-state index contributed by atoms with van der Waals surface area (Å²) in [5.41, 5.74) is 1.32. The Morgan fingerprint density at radius 3 is 2.42 bits per heavy atom. The highest BCUT2D eigenvalue weighted by Crippen LogP contribution is 2.03. The second-order valence-electron chi connectivity index (χ2n) is 3.22. The molecule has 0 bridgehead atoms. The third-order valence-electron chi connectivity index (χ3n) is 1.78. The van der Waals surface area contributed by atoms with E-state index in [0.717, 1.165) is 6.61 Å². The molecule has 0 amide bonds. The Kier molecular flexibility index (Phi) is 6.03. The zero-order valence-corrected chi connectivity index (χ0v) is 8.85. The zero-order chi connectivity index (χ0) is 9.56. The monoisotopic (exact) mass is 171 g/mol. The van der Waals surface area contributed by atoms with Crippen LogP contribution in [0.15, 0.2) is 11.6 Å². The number of nitrogens with one attached hydrogen (secondary N) is 1. The van der Waals surface area contributed by atoms with Gasteiger partial charge in [0.1, 0.15) is 0 Å². The van der Waals surface area contributed by atoms with E-state index in [0.29, 0.717) is 6.04 Å². The van der Waals surface area contributed by atoms with Crippen LogP contribution in [-0.2, 0) is 4.74 Å². The van der Waals surface area contributed by atoms with E-state index < -0.39 is 0 Å². The van der Waals surface area contributed by atoms with Crippen molar-refractivity contribution in [3.63, 3.8) is 0 Å². The number of rotatable bonds is 5. The summed E-state index contributed by atoms with van der Waals surface area (Å²) in [5.74, 6) is 0. The molecule has 0 aliphatic heterocycles. The van der Waals surface area contributed by atoms with Gasteiger partial charge < -0.3 is 10.1 Å². The number of hydrogen-bond donors (Lipinski definition) is 1. The minimum Gasteiger partial charge on any atom is -0.377 e. The van der Waals surface area contributed by atoms with Crippen LogP contribution >= 0.6 is 0 Å². The van der Waals surface area contributed by atoms with Gasteiger partial charge in [0, 0.05) is 6.61 Å². The predicted octanol–water partition coefficient (Wildman–Crippen LogP) is 1.97. The molecule has 0 spiro atoms. The molecular formula is C10H21NO. The molecule has 0 heterocycles. The van der Waals surface area contributed by atoms with Crippen LogP contribution in [0, 0.1) is 0 Å². The molecular weight excluding hydrogens is 150 g/mol. The van der Waals surface area contributed by atoms with Gasteiger partial charge in [-0.1, -0.05) is 11.6 Å². The molecule has 0 saturated carbocycles. The first kappa shape index (κ1) is 11.7. The summed E-state index contributed by atoms with van der Waals surface area (Å²) >= 11 is 0. The van der Waals surface area contributed by atoms with E-state index in [1.165, 1.54) is 5.57 Å². The molecule has 0 saturated heterocycles. The first-order chi connectivity index (χ1) is 5.61. The summed E-state index contributed by atoms with van der Waals surface area (Å²) in [6, 6.07) is 0.329. The maximum Gasteiger partial charge on any atom is 0.0735 e. The van der Waals surface area contributed by atoms with E-state index in [2.05, 4.69) is 32.2 Å². The summed E-state index contributed by atoms with van der Waals surface area (Å²) in [6.07, 6.45) is 2.44. The van der Waals surface area contributed by atoms with Crippen LogP contribution in [0.5, 0.6) is 0 Å². The number of likely N-dealkylation sites (N-methyl/N-ethyl adjacent to an activating group) is 1. The number of ether oxygens (including phenoxy) is 1. The Morgan fingerprint density at radius 2 is 2.08 bits per heavy atom. The smallest absolute Gasteiger partial charge is 0.0735 e. The van der Waals surface area contributed by atoms with Crippen LogP contribution in [0.2, 0.25) is 0 Å². The first-order valence-corrected chi connectivity index (χ1v) is 4.55. The largest absolute Gasteiger partial charge is 0.377 e. The van der Waals surface area contributed by atoms with Gasteiger partial charge in [-0.3, -0.25) is 0 Å². The van der Waals surface area contributed by atoms with Crippen molar-refractivity contribution < 1.29 is 4.74 Å². The lowest BCUT2D eigenvalue weighted by Crippen LogP contribution is -2.36. The lowest BCUT2D eigenvalue weighted by molar-refractivity contribution is 0.0609. The average Bonchev–Trinajstić information content (AvgIpc) is 2.00. The van der Waals surface area contributed by atoms with Gasteiger partial charge in [-0.25, -0.2) is 0 Å². The molecule has 0 aromatic carbocycles. The predicted molar refractivity (Wildman–Crippen MR) is 53.4 cm³/mol. The summed E-state index contributed by atoms with van der Waals surface area (Å²) in [4.78, 5) is 0. The zero-order valence-electron chi connectivity index (χ0n) is 8.85. The van der Waals surface area contributed by atoms with Gasteiger partial charge in [0.2, 0.25) is 0 Å². The summed E-state index contributed by atoms with van der Waals surface area (Å²) in [7, 11) is 1.96. The minimum atomic E-state index is 0.245. The van der Waals surface area contributed by atoms with E-state index >= 15 is 0 Å². The molecule has 2 unspecified atom stereocenters. The van der Waals surface area contributed by atoms with Crippen molar-refractivity contribution in [2.24, 2.45) is 0 Å². The van der Waals surface area contributed by atoms with Gasteiger partial charge in [0.05, 0.1) is 12.1 Å². The van der Waals surface area contributed by atoms with Crippen LogP contribution in [0.25, 0.3) is 0 Å². The SMILES string of the molecule is CCOC(C)C(C=C(C)C)NC. The number of allylic oxidation sites excluding steroid dienone is 1. The van der Waals surface area contributed by atoms with Gasteiger partial charge in [-0.05, 0) is 34.7 Å². The van der Waals surface area contributed by atoms with E-state index in [9.17, 15) is 0 Å². The van der Waals surface area contributed by atoms with E-state index in [1.807, 2.05) is 14.0 Å². The second-order valence-corrected chi connectivity index (χ2v) is 3.22. The maximum atomic E-state index is 5.49. The minimum absolute atomic E-state index is 0.245. The van der Waals surface area contributed by atoms with Crippen LogP contribution in [0.1, 0.15) is 27.7 Å². The molecule has 12 heavy (non-hydrogen) atoms. The Bertz CT molecular complexity index is 139. The lowest BCUT2D eigenvalue weighted by Gasteiger charge is -2.20.